The van der Waals surface area contributed by atoms with Gasteiger partial charge in [-0.1, -0.05) is 0 Å². The molecule has 0 spiro atoms. The number of nitrogens with zero attached hydrogens (tertiary/aromatic N) is 1. The van der Waals surface area contributed by atoms with E-state index in [0.717, 1.165) is 9.35 Å². The van der Waals surface area contributed by atoms with Crippen molar-refractivity contribution in [1.82, 2.24) is 4.90 Å². The van der Waals surface area contributed by atoms with Crippen molar-refractivity contribution in [2.45, 2.75) is 45.2 Å². The molecule has 0 aromatic carbocycles. The Bertz CT molecular complexity index is 514. The van der Waals surface area contributed by atoms with Gasteiger partial charge >= 0.3 is 5.97 Å². The average molecular weight is 360 g/mol. The number of amides is 1. The number of rotatable bonds is 3. The Kier molecular flexibility index (Phi) is 4.86. The van der Waals surface area contributed by atoms with Gasteiger partial charge in [0.05, 0.1) is 12.0 Å². The molecule has 2 heterocycles. The first-order valence-electron chi connectivity index (χ1n) is 6.69. The Morgan fingerprint density at radius 2 is 2.25 bits per heavy atom. The summed E-state index contributed by atoms with van der Waals surface area (Å²) in [7, 11) is 0. The van der Waals surface area contributed by atoms with Crippen molar-refractivity contribution < 1.29 is 14.7 Å². The molecule has 2 rings (SSSR count). The van der Waals surface area contributed by atoms with Gasteiger partial charge in [0.15, 0.2) is 0 Å². The Balaban J connectivity index is 2.48. The molecule has 0 radical (unpaired) electrons. The zero-order valence-corrected chi connectivity index (χ0v) is 13.9. The van der Waals surface area contributed by atoms with Crippen LogP contribution < -0.4 is 0 Å². The third-order valence-corrected chi connectivity index (χ3v) is 5.39. The summed E-state index contributed by atoms with van der Waals surface area (Å²) in [6, 6.07) is 1.56. The monoisotopic (exact) mass is 359 g/mol. The predicted octanol–water partition coefficient (Wildman–Crippen LogP) is 3.67. The molecule has 0 saturated carbocycles. The summed E-state index contributed by atoms with van der Waals surface area (Å²) in [4.78, 5) is 26.7. The van der Waals surface area contributed by atoms with Gasteiger partial charge in [-0.25, -0.2) is 0 Å². The minimum Gasteiger partial charge on any atom is -0.481 e. The SMILES string of the molecule is CC(C)N1C(=O)CCCC(C(=O)O)C1c1cc(Br)cs1. The average Bonchev–Trinajstić information content (AvgIpc) is 2.68. The summed E-state index contributed by atoms with van der Waals surface area (Å²) in [5.41, 5.74) is 0. The molecule has 0 bridgehead atoms. The molecule has 1 aliphatic rings. The van der Waals surface area contributed by atoms with E-state index in [1.54, 1.807) is 4.90 Å². The second kappa shape index (κ2) is 6.26. The minimum absolute atomic E-state index is 0.00618. The summed E-state index contributed by atoms with van der Waals surface area (Å²) in [5.74, 6) is -1.30. The summed E-state index contributed by atoms with van der Waals surface area (Å²) < 4.78 is 0.932. The maximum absolute atomic E-state index is 12.3. The molecule has 2 atom stereocenters. The quantitative estimate of drug-likeness (QED) is 0.895. The Morgan fingerprint density at radius 3 is 2.75 bits per heavy atom. The van der Waals surface area contributed by atoms with Gasteiger partial charge in [-0.3, -0.25) is 9.59 Å². The molecule has 4 nitrogen and oxygen atoms in total. The molecular weight excluding hydrogens is 342 g/mol. The fraction of sp³-hybridized carbons (Fsp3) is 0.571. The maximum Gasteiger partial charge on any atom is 0.308 e. The summed E-state index contributed by atoms with van der Waals surface area (Å²) >= 11 is 4.91. The van der Waals surface area contributed by atoms with Crippen LogP contribution in [0.3, 0.4) is 0 Å². The largest absolute Gasteiger partial charge is 0.481 e. The van der Waals surface area contributed by atoms with Crippen molar-refractivity contribution in [2.24, 2.45) is 5.92 Å². The number of hydrogen-bond donors (Lipinski definition) is 1. The van der Waals surface area contributed by atoms with Crippen LogP contribution in [0.2, 0.25) is 0 Å². The van der Waals surface area contributed by atoms with E-state index in [-0.39, 0.29) is 18.0 Å². The molecule has 6 heteroatoms. The molecular formula is C14H18BrNO3S. The first kappa shape index (κ1) is 15.5. The van der Waals surface area contributed by atoms with E-state index >= 15 is 0 Å². The minimum atomic E-state index is -0.820. The van der Waals surface area contributed by atoms with Gasteiger partial charge in [-0.15, -0.1) is 11.3 Å². The van der Waals surface area contributed by atoms with Crippen molar-refractivity contribution in [3.63, 3.8) is 0 Å². The molecule has 110 valence electrons. The standard InChI is InChI=1S/C14H18BrNO3S/c1-8(2)16-12(17)5-3-4-10(14(18)19)13(16)11-6-9(15)7-20-11/h6-8,10,13H,3-5H2,1-2H3,(H,18,19). The molecule has 1 saturated heterocycles. The first-order valence-corrected chi connectivity index (χ1v) is 8.37. The fourth-order valence-corrected chi connectivity index (χ4v) is 4.40. The third kappa shape index (κ3) is 3.06. The predicted molar refractivity (Wildman–Crippen MR) is 81.7 cm³/mol. The highest BCUT2D eigenvalue weighted by Crippen LogP contribution is 2.40. The Labute approximate surface area is 130 Å². The number of likely N-dealkylation sites (tertiary alicyclic amines) is 1. The lowest BCUT2D eigenvalue weighted by molar-refractivity contribution is -0.146. The number of carboxylic acids is 1. The highest BCUT2D eigenvalue weighted by Gasteiger charge is 2.40. The van der Waals surface area contributed by atoms with Gasteiger partial charge in [-0.2, -0.15) is 0 Å². The molecule has 1 aromatic heterocycles. The van der Waals surface area contributed by atoms with Crippen molar-refractivity contribution in [3.05, 3.63) is 20.8 Å². The lowest BCUT2D eigenvalue weighted by Crippen LogP contribution is -2.42. The van der Waals surface area contributed by atoms with Crippen LogP contribution in [-0.4, -0.2) is 27.9 Å². The normalized spacial score (nSPS) is 24.0. The summed E-state index contributed by atoms with van der Waals surface area (Å²) in [6.07, 6.45) is 1.62. The highest BCUT2D eigenvalue weighted by atomic mass is 79.9. The zero-order valence-electron chi connectivity index (χ0n) is 11.5. The van der Waals surface area contributed by atoms with Crippen molar-refractivity contribution >= 4 is 39.1 Å². The molecule has 0 aliphatic carbocycles. The van der Waals surface area contributed by atoms with Crippen LogP contribution in [0.1, 0.15) is 44.0 Å². The van der Waals surface area contributed by atoms with Crippen molar-refractivity contribution in [1.29, 1.82) is 0 Å². The lowest BCUT2D eigenvalue weighted by Gasteiger charge is -2.36. The second-order valence-electron chi connectivity index (χ2n) is 5.34. The molecule has 1 aliphatic heterocycles. The lowest BCUT2D eigenvalue weighted by atomic mass is 9.93. The van der Waals surface area contributed by atoms with E-state index in [2.05, 4.69) is 15.9 Å². The van der Waals surface area contributed by atoms with Gasteiger partial charge in [0.25, 0.3) is 0 Å². The number of carbonyl (C=O) groups is 2. The van der Waals surface area contributed by atoms with Crippen LogP contribution in [0.4, 0.5) is 0 Å². The second-order valence-corrected chi connectivity index (χ2v) is 7.20. The van der Waals surface area contributed by atoms with Crippen molar-refractivity contribution in [3.8, 4) is 0 Å². The smallest absolute Gasteiger partial charge is 0.308 e. The van der Waals surface area contributed by atoms with E-state index < -0.39 is 11.9 Å². The first-order chi connectivity index (χ1) is 9.41. The molecule has 20 heavy (non-hydrogen) atoms. The van der Waals surface area contributed by atoms with E-state index in [0.29, 0.717) is 19.3 Å². The molecule has 2 unspecified atom stereocenters. The van der Waals surface area contributed by atoms with E-state index in [1.165, 1.54) is 11.3 Å². The molecule has 1 fully saturated rings. The maximum atomic E-state index is 12.3. The van der Waals surface area contributed by atoms with Crippen LogP contribution in [0.25, 0.3) is 0 Å². The number of carboxylic acid groups (broad SMARTS) is 1. The van der Waals surface area contributed by atoms with Crippen molar-refractivity contribution in [2.75, 3.05) is 0 Å². The van der Waals surface area contributed by atoms with Crippen LogP contribution in [0, 0.1) is 5.92 Å². The number of hydrogen-bond acceptors (Lipinski definition) is 3. The molecule has 1 amide bonds. The van der Waals surface area contributed by atoms with Gasteiger partial charge in [0, 0.05) is 27.2 Å². The Morgan fingerprint density at radius 1 is 1.55 bits per heavy atom. The van der Waals surface area contributed by atoms with Gasteiger partial charge in [-0.05, 0) is 48.7 Å². The fourth-order valence-electron chi connectivity index (χ4n) is 2.80. The Hall–Kier alpha value is -0.880. The number of thiophene rings is 1. The van der Waals surface area contributed by atoms with Gasteiger partial charge < -0.3 is 10.0 Å². The van der Waals surface area contributed by atoms with Crippen LogP contribution >= 0.6 is 27.3 Å². The topological polar surface area (TPSA) is 57.6 Å². The van der Waals surface area contributed by atoms with E-state index in [4.69, 9.17) is 0 Å². The van der Waals surface area contributed by atoms with Gasteiger partial charge in [0.2, 0.25) is 5.91 Å². The van der Waals surface area contributed by atoms with Crippen LogP contribution in [-0.2, 0) is 9.59 Å². The highest BCUT2D eigenvalue weighted by molar-refractivity contribution is 9.10. The summed E-state index contributed by atoms with van der Waals surface area (Å²) in [6.45, 7) is 3.88. The number of carbonyl (C=O) groups excluding carboxylic acids is 1. The number of aliphatic carboxylic acids is 1. The third-order valence-electron chi connectivity index (χ3n) is 3.63. The van der Waals surface area contributed by atoms with Crippen LogP contribution in [0.15, 0.2) is 15.9 Å². The van der Waals surface area contributed by atoms with E-state index in [9.17, 15) is 14.7 Å². The van der Waals surface area contributed by atoms with Crippen LogP contribution in [0.5, 0.6) is 0 Å². The molecule has 1 aromatic rings. The van der Waals surface area contributed by atoms with Gasteiger partial charge in [0.1, 0.15) is 0 Å². The molecule has 1 N–H and O–H groups in total. The van der Waals surface area contributed by atoms with E-state index in [1.807, 2.05) is 25.3 Å². The summed E-state index contributed by atoms with van der Waals surface area (Å²) in [5, 5.41) is 11.5. The number of halogens is 1. The zero-order chi connectivity index (χ0) is 14.9.